The van der Waals surface area contributed by atoms with E-state index in [4.69, 9.17) is 9.47 Å². The van der Waals surface area contributed by atoms with Crippen LogP contribution in [0.2, 0.25) is 0 Å². The molecule has 6 nitrogen and oxygen atoms in total. The summed E-state index contributed by atoms with van der Waals surface area (Å²) >= 11 is 0. The van der Waals surface area contributed by atoms with Gasteiger partial charge in [0.2, 0.25) is 0 Å². The van der Waals surface area contributed by atoms with Crippen LogP contribution in [0.4, 0.5) is 0 Å². The molecule has 0 spiro atoms. The number of β-amino-alcohol motifs (C(OH)–C–C–N with tert-alkyl or cyclic N) is 1. The van der Waals surface area contributed by atoms with Crippen molar-refractivity contribution in [2.24, 2.45) is 0 Å². The highest BCUT2D eigenvalue weighted by Gasteiger charge is 2.26. The molecule has 1 saturated heterocycles. The monoisotopic (exact) mass is 317 g/mol. The maximum atomic E-state index is 10.3. The van der Waals surface area contributed by atoms with Crippen molar-refractivity contribution in [3.05, 3.63) is 30.6 Å². The van der Waals surface area contributed by atoms with Gasteiger partial charge in [-0.15, -0.1) is 0 Å². The number of nitrogens with one attached hydrogen (secondary N) is 1. The molecule has 2 aromatic rings. The number of aliphatic hydroxyl groups excluding tert-OH is 1. The molecule has 124 valence electrons. The smallest absolute Gasteiger partial charge is 0.161 e. The highest BCUT2D eigenvalue weighted by molar-refractivity contribution is 5.61. The number of rotatable bonds is 5. The van der Waals surface area contributed by atoms with Gasteiger partial charge in [-0.05, 0) is 38.1 Å². The highest BCUT2D eigenvalue weighted by Crippen LogP contribution is 2.33. The van der Waals surface area contributed by atoms with Crippen LogP contribution >= 0.6 is 0 Å². The molecule has 0 aliphatic carbocycles. The number of piperidine rings is 1. The molecular weight excluding hydrogens is 294 g/mol. The van der Waals surface area contributed by atoms with Crippen molar-refractivity contribution < 1.29 is 14.6 Å². The number of hydrogen-bond acceptors (Lipinski definition) is 5. The molecule has 1 fully saturated rings. The Morgan fingerprint density at radius 1 is 1.39 bits per heavy atom. The standard InChI is InChI=1S/C17H23N3O3/c1-3-23-15-5-4-12(10-16(15)22-2)17-19-8-9-20(17)13-6-7-18-11-14(13)21/h4-5,8-10,13-14,18,21H,3,6-7,11H2,1-2H3/t13-,14-/m0/s1. The number of aromatic nitrogens is 2. The summed E-state index contributed by atoms with van der Waals surface area (Å²) in [4.78, 5) is 4.48. The third-order valence-corrected chi connectivity index (χ3v) is 4.16. The van der Waals surface area contributed by atoms with E-state index in [1.54, 1.807) is 13.3 Å². The first-order valence-corrected chi connectivity index (χ1v) is 7.97. The maximum absolute atomic E-state index is 10.3. The van der Waals surface area contributed by atoms with Crippen LogP contribution < -0.4 is 14.8 Å². The second-order valence-electron chi connectivity index (χ2n) is 5.58. The molecule has 0 radical (unpaired) electrons. The van der Waals surface area contributed by atoms with Gasteiger partial charge in [0.05, 0.1) is 25.9 Å². The lowest BCUT2D eigenvalue weighted by Gasteiger charge is -2.30. The van der Waals surface area contributed by atoms with Crippen LogP contribution in [0.3, 0.4) is 0 Å². The van der Waals surface area contributed by atoms with E-state index in [0.717, 1.165) is 30.1 Å². The van der Waals surface area contributed by atoms with Gasteiger partial charge in [0.1, 0.15) is 5.82 Å². The van der Waals surface area contributed by atoms with Gasteiger partial charge in [-0.25, -0.2) is 4.98 Å². The number of imidazole rings is 1. The van der Waals surface area contributed by atoms with E-state index >= 15 is 0 Å². The molecule has 0 bridgehead atoms. The first-order chi connectivity index (χ1) is 11.2. The first kappa shape index (κ1) is 15.8. The van der Waals surface area contributed by atoms with Crippen LogP contribution in [-0.4, -0.2) is 47.6 Å². The fourth-order valence-electron chi connectivity index (χ4n) is 3.04. The quantitative estimate of drug-likeness (QED) is 0.881. The van der Waals surface area contributed by atoms with E-state index in [1.807, 2.05) is 31.3 Å². The summed E-state index contributed by atoms with van der Waals surface area (Å²) in [6.45, 7) is 4.03. The molecule has 3 rings (SSSR count). The largest absolute Gasteiger partial charge is 0.493 e. The van der Waals surface area contributed by atoms with Gasteiger partial charge < -0.3 is 24.5 Å². The zero-order valence-corrected chi connectivity index (χ0v) is 13.5. The minimum absolute atomic E-state index is 0.0336. The lowest BCUT2D eigenvalue weighted by molar-refractivity contribution is 0.0880. The molecule has 1 aliphatic rings. The molecule has 6 heteroatoms. The predicted octanol–water partition coefficient (Wildman–Crippen LogP) is 1.85. The van der Waals surface area contributed by atoms with Crippen LogP contribution in [0.25, 0.3) is 11.4 Å². The van der Waals surface area contributed by atoms with Crippen molar-refractivity contribution >= 4 is 0 Å². The van der Waals surface area contributed by atoms with Crippen molar-refractivity contribution in [3.63, 3.8) is 0 Å². The van der Waals surface area contributed by atoms with Crippen molar-refractivity contribution in [1.82, 2.24) is 14.9 Å². The molecule has 2 atom stereocenters. The van der Waals surface area contributed by atoms with Crippen molar-refractivity contribution in [1.29, 1.82) is 0 Å². The molecule has 0 amide bonds. The molecule has 1 aromatic carbocycles. The van der Waals surface area contributed by atoms with Crippen LogP contribution in [0, 0.1) is 0 Å². The second kappa shape index (κ2) is 7.02. The molecule has 2 N–H and O–H groups in total. The van der Waals surface area contributed by atoms with Crippen molar-refractivity contribution in [3.8, 4) is 22.9 Å². The lowest BCUT2D eigenvalue weighted by atomic mass is 10.0. The van der Waals surface area contributed by atoms with E-state index < -0.39 is 6.10 Å². The SMILES string of the molecule is CCOc1ccc(-c2nccn2[C@H]2CCNC[C@@H]2O)cc1OC. The molecular formula is C17H23N3O3. The predicted molar refractivity (Wildman–Crippen MR) is 87.9 cm³/mol. The number of methoxy groups -OCH3 is 1. The molecule has 23 heavy (non-hydrogen) atoms. The van der Waals surface area contributed by atoms with Crippen LogP contribution in [0.5, 0.6) is 11.5 Å². The average molecular weight is 317 g/mol. The Kier molecular flexibility index (Phi) is 4.83. The van der Waals surface area contributed by atoms with Crippen LogP contribution in [0.1, 0.15) is 19.4 Å². The Bertz CT molecular complexity index is 656. The zero-order valence-electron chi connectivity index (χ0n) is 13.5. The van der Waals surface area contributed by atoms with E-state index in [1.165, 1.54) is 0 Å². The summed E-state index contributed by atoms with van der Waals surface area (Å²) in [5.74, 6) is 2.24. The fraction of sp³-hybridized carbons (Fsp3) is 0.471. The molecule has 2 heterocycles. The third kappa shape index (κ3) is 3.18. The number of benzene rings is 1. The van der Waals surface area contributed by atoms with Crippen molar-refractivity contribution in [2.45, 2.75) is 25.5 Å². The minimum atomic E-state index is -0.415. The Morgan fingerprint density at radius 2 is 2.26 bits per heavy atom. The first-order valence-electron chi connectivity index (χ1n) is 7.97. The van der Waals surface area contributed by atoms with E-state index in [9.17, 15) is 5.11 Å². The normalized spacial score (nSPS) is 21.2. The summed E-state index contributed by atoms with van der Waals surface area (Å²) in [5.41, 5.74) is 0.945. The van der Waals surface area contributed by atoms with Crippen LogP contribution in [-0.2, 0) is 0 Å². The molecule has 1 aliphatic heterocycles. The van der Waals surface area contributed by atoms with Gasteiger partial charge >= 0.3 is 0 Å². The molecule has 0 saturated carbocycles. The van der Waals surface area contributed by atoms with Gasteiger partial charge in [0.15, 0.2) is 11.5 Å². The summed E-state index contributed by atoms with van der Waals surface area (Å²) < 4.78 is 13.0. The highest BCUT2D eigenvalue weighted by atomic mass is 16.5. The topological polar surface area (TPSA) is 68.5 Å². The fourth-order valence-corrected chi connectivity index (χ4v) is 3.04. The average Bonchev–Trinajstić information content (AvgIpc) is 3.05. The van der Waals surface area contributed by atoms with E-state index in [-0.39, 0.29) is 6.04 Å². The number of ether oxygens (including phenoxy) is 2. The zero-order chi connectivity index (χ0) is 16.2. The second-order valence-corrected chi connectivity index (χ2v) is 5.58. The van der Waals surface area contributed by atoms with Crippen LogP contribution in [0.15, 0.2) is 30.6 Å². The Hall–Kier alpha value is -2.05. The van der Waals surface area contributed by atoms with Gasteiger partial charge in [-0.3, -0.25) is 0 Å². The Morgan fingerprint density at radius 3 is 3.00 bits per heavy atom. The summed E-state index contributed by atoms with van der Waals surface area (Å²) in [7, 11) is 1.63. The number of aliphatic hydroxyl groups is 1. The number of hydrogen-bond donors (Lipinski definition) is 2. The van der Waals surface area contributed by atoms with E-state index in [0.29, 0.717) is 18.9 Å². The minimum Gasteiger partial charge on any atom is -0.493 e. The molecule has 0 unspecified atom stereocenters. The number of nitrogens with zero attached hydrogens (tertiary/aromatic N) is 2. The Balaban J connectivity index is 1.95. The van der Waals surface area contributed by atoms with Gasteiger partial charge in [-0.1, -0.05) is 0 Å². The van der Waals surface area contributed by atoms with Gasteiger partial charge in [0, 0.05) is 24.5 Å². The summed E-state index contributed by atoms with van der Waals surface area (Å²) in [6, 6.07) is 5.83. The van der Waals surface area contributed by atoms with Crippen molar-refractivity contribution in [2.75, 3.05) is 26.8 Å². The third-order valence-electron chi connectivity index (χ3n) is 4.16. The van der Waals surface area contributed by atoms with E-state index in [2.05, 4.69) is 14.9 Å². The lowest BCUT2D eigenvalue weighted by Crippen LogP contribution is -2.41. The van der Waals surface area contributed by atoms with Gasteiger partial charge in [-0.2, -0.15) is 0 Å². The maximum Gasteiger partial charge on any atom is 0.161 e. The summed E-state index contributed by atoms with van der Waals surface area (Å²) in [6.07, 6.45) is 4.16. The molecule has 1 aromatic heterocycles. The Labute approximate surface area is 136 Å². The van der Waals surface area contributed by atoms with Gasteiger partial charge in [0.25, 0.3) is 0 Å². The summed E-state index contributed by atoms with van der Waals surface area (Å²) in [5, 5.41) is 13.5.